The van der Waals surface area contributed by atoms with Crippen molar-refractivity contribution in [2.24, 2.45) is 5.92 Å². The third-order valence-corrected chi connectivity index (χ3v) is 3.03. The summed E-state index contributed by atoms with van der Waals surface area (Å²) in [4.78, 5) is 23.3. The predicted molar refractivity (Wildman–Crippen MR) is 60.1 cm³/mol. The predicted octanol–water partition coefficient (Wildman–Crippen LogP) is 0.810. The third kappa shape index (κ3) is 2.66. The zero-order chi connectivity index (χ0) is 12.9. The summed E-state index contributed by atoms with van der Waals surface area (Å²) in [5.41, 5.74) is -2.23. The van der Waals surface area contributed by atoms with Crippen molar-refractivity contribution in [3.8, 4) is 0 Å². The number of methoxy groups -OCH3 is 2. The Morgan fingerprint density at radius 3 is 2.35 bits per heavy atom. The highest BCUT2D eigenvalue weighted by Crippen LogP contribution is 2.30. The second kappa shape index (κ2) is 5.82. The van der Waals surface area contributed by atoms with Gasteiger partial charge in [0.1, 0.15) is 0 Å². The number of carbonyl (C=O) groups is 2. The van der Waals surface area contributed by atoms with E-state index >= 15 is 0 Å². The minimum atomic E-state index is -2.23. The molecule has 96 valence electrons. The van der Waals surface area contributed by atoms with E-state index in [9.17, 15) is 14.7 Å². The van der Waals surface area contributed by atoms with Crippen LogP contribution in [-0.2, 0) is 19.1 Å². The van der Waals surface area contributed by atoms with Crippen LogP contribution in [0.15, 0.2) is 12.2 Å². The molecule has 0 aromatic carbocycles. The van der Waals surface area contributed by atoms with E-state index in [-0.39, 0.29) is 0 Å². The number of ether oxygens (including phenoxy) is 2. The quantitative estimate of drug-likeness (QED) is 0.450. The second-order valence-electron chi connectivity index (χ2n) is 4.07. The fourth-order valence-electron chi connectivity index (χ4n) is 2.03. The van der Waals surface area contributed by atoms with Crippen LogP contribution in [0, 0.1) is 5.92 Å². The molecular weight excluding hydrogens is 224 g/mol. The normalized spacial score (nSPS) is 20.5. The molecule has 0 saturated heterocycles. The van der Waals surface area contributed by atoms with Crippen LogP contribution >= 0.6 is 0 Å². The van der Waals surface area contributed by atoms with Crippen molar-refractivity contribution >= 4 is 11.9 Å². The highest BCUT2D eigenvalue weighted by Gasteiger charge is 2.52. The fourth-order valence-corrected chi connectivity index (χ4v) is 2.03. The zero-order valence-electron chi connectivity index (χ0n) is 10.1. The summed E-state index contributed by atoms with van der Waals surface area (Å²) < 4.78 is 9.02. The molecule has 5 heteroatoms. The Kier molecular flexibility index (Phi) is 4.69. The number of aliphatic hydroxyl groups is 1. The molecule has 1 rings (SSSR count). The van der Waals surface area contributed by atoms with Gasteiger partial charge < -0.3 is 14.6 Å². The first kappa shape index (κ1) is 13.7. The van der Waals surface area contributed by atoms with Crippen molar-refractivity contribution in [2.45, 2.75) is 31.3 Å². The molecule has 1 unspecified atom stereocenters. The SMILES string of the molecule is COC(=O)C(O)(C(=O)OC)C1C=CCCCC1. The van der Waals surface area contributed by atoms with E-state index in [2.05, 4.69) is 9.47 Å². The molecule has 0 heterocycles. The summed E-state index contributed by atoms with van der Waals surface area (Å²) in [6.45, 7) is 0. The number of carbonyl (C=O) groups excluding carboxylic acids is 2. The molecule has 0 aromatic rings. The molecule has 5 nitrogen and oxygen atoms in total. The van der Waals surface area contributed by atoms with Gasteiger partial charge in [-0.25, -0.2) is 9.59 Å². The summed E-state index contributed by atoms with van der Waals surface area (Å²) in [5.74, 6) is -2.54. The van der Waals surface area contributed by atoms with Crippen LogP contribution in [0.4, 0.5) is 0 Å². The molecule has 0 amide bonds. The van der Waals surface area contributed by atoms with Crippen molar-refractivity contribution < 1.29 is 24.2 Å². The van der Waals surface area contributed by atoms with Gasteiger partial charge in [-0.1, -0.05) is 18.6 Å². The highest BCUT2D eigenvalue weighted by molar-refractivity contribution is 6.03. The zero-order valence-corrected chi connectivity index (χ0v) is 10.1. The van der Waals surface area contributed by atoms with E-state index in [1.807, 2.05) is 6.08 Å². The van der Waals surface area contributed by atoms with Crippen LogP contribution in [-0.4, -0.2) is 36.9 Å². The van der Waals surface area contributed by atoms with Crippen LogP contribution < -0.4 is 0 Å². The lowest BCUT2D eigenvalue weighted by atomic mass is 9.84. The van der Waals surface area contributed by atoms with E-state index < -0.39 is 23.5 Å². The molecule has 0 saturated carbocycles. The maximum absolute atomic E-state index is 11.6. The molecule has 1 aliphatic rings. The Bertz CT molecular complexity index is 305. The van der Waals surface area contributed by atoms with Gasteiger partial charge in [-0.15, -0.1) is 0 Å². The van der Waals surface area contributed by atoms with Crippen LogP contribution in [0.1, 0.15) is 25.7 Å². The molecule has 1 aliphatic carbocycles. The minimum absolute atomic E-state index is 0.553. The number of hydrogen-bond donors (Lipinski definition) is 1. The van der Waals surface area contributed by atoms with E-state index in [0.29, 0.717) is 6.42 Å². The molecule has 1 N–H and O–H groups in total. The molecule has 0 fully saturated rings. The highest BCUT2D eigenvalue weighted by atomic mass is 16.6. The first-order valence-electron chi connectivity index (χ1n) is 5.63. The summed E-state index contributed by atoms with van der Waals surface area (Å²) in [6, 6.07) is 0. The lowest BCUT2D eigenvalue weighted by Crippen LogP contribution is -2.53. The topological polar surface area (TPSA) is 72.8 Å². The Hall–Kier alpha value is -1.36. The lowest BCUT2D eigenvalue weighted by Gasteiger charge is -2.28. The molecule has 0 aromatic heterocycles. The summed E-state index contributed by atoms with van der Waals surface area (Å²) in [6.07, 6.45) is 6.82. The Labute approximate surface area is 100 Å². The molecule has 0 bridgehead atoms. The van der Waals surface area contributed by atoms with Gasteiger partial charge in [0.2, 0.25) is 0 Å². The van der Waals surface area contributed by atoms with Gasteiger partial charge in [0.25, 0.3) is 5.60 Å². The number of rotatable bonds is 3. The van der Waals surface area contributed by atoms with Crippen molar-refractivity contribution in [2.75, 3.05) is 14.2 Å². The maximum atomic E-state index is 11.6. The summed E-state index contributed by atoms with van der Waals surface area (Å²) >= 11 is 0. The number of esters is 2. The molecule has 0 spiro atoms. The van der Waals surface area contributed by atoms with E-state index in [1.165, 1.54) is 0 Å². The smallest absolute Gasteiger partial charge is 0.350 e. The summed E-state index contributed by atoms with van der Waals surface area (Å²) in [7, 11) is 2.27. The van der Waals surface area contributed by atoms with Crippen LogP contribution in [0.3, 0.4) is 0 Å². The van der Waals surface area contributed by atoms with E-state index in [4.69, 9.17) is 0 Å². The Balaban J connectivity index is 3.03. The average molecular weight is 242 g/mol. The third-order valence-electron chi connectivity index (χ3n) is 3.03. The Morgan fingerprint density at radius 1 is 1.24 bits per heavy atom. The molecule has 17 heavy (non-hydrogen) atoms. The van der Waals surface area contributed by atoms with Crippen molar-refractivity contribution in [1.82, 2.24) is 0 Å². The van der Waals surface area contributed by atoms with E-state index in [1.54, 1.807) is 6.08 Å². The lowest BCUT2D eigenvalue weighted by molar-refractivity contribution is -0.185. The van der Waals surface area contributed by atoms with E-state index in [0.717, 1.165) is 33.5 Å². The van der Waals surface area contributed by atoms with Crippen molar-refractivity contribution in [1.29, 1.82) is 0 Å². The summed E-state index contributed by atoms with van der Waals surface area (Å²) in [5, 5.41) is 10.3. The first-order chi connectivity index (χ1) is 8.07. The molecule has 0 radical (unpaired) electrons. The van der Waals surface area contributed by atoms with Gasteiger partial charge in [0.05, 0.1) is 14.2 Å². The molecule has 1 atom stereocenters. The van der Waals surface area contributed by atoms with Gasteiger partial charge in [-0.2, -0.15) is 0 Å². The van der Waals surface area contributed by atoms with Crippen molar-refractivity contribution in [3.63, 3.8) is 0 Å². The molecular formula is C12H18O5. The average Bonchev–Trinajstić information content (AvgIpc) is 2.64. The fraction of sp³-hybridized carbons (Fsp3) is 0.667. The first-order valence-corrected chi connectivity index (χ1v) is 5.63. The van der Waals surface area contributed by atoms with Gasteiger partial charge in [-0.05, 0) is 19.3 Å². The van der Waals surface area contributed by atoms with Crippen molar-refractivity contribution in [3.05, 3.63) is 12.2 Å². The minimum Gasteiger partial charge on any atom is -0.466 e. The molecule has 0 aliphatic heterocycles. The van der Waals surface area contributed by atoms with Crippen LogP contribution in [0.5, 0.6) is 0 Å². The Morgan fingerprint density at radius 2 is 1.82 bits per heavy atom. The largest absolute Gasteiger partial charge is 0.466 e. The standard InChI is InChI=1S/C12H18O5/c1-16-10(13)12(15,11(14)17-2)9-7-5-3-4-6-8-9/h5,7,9,15H,3-4,6,8H2,1-2H3. The maximum Gasteiger partial charge on any atom is 0.350 e. The van der Waals surface area contributed by atoms with Gasteiger partial charge in [0.15, 0.2) is 0 Å². The number of hydrogen-bond acceptors (Lipinski definition) is 5. The van der Waals surface area contributed by atoms with Gasteiger partial charge >= 0.3 is 11.9 Å². The number of allylic oxidation sites excluding steroid dienone is 1. The van der Waals surface area contributed by atoms with Gasteiger partial charge in [0, 0.05) is 5.92 Å². The van der Waals surface area contributed by atoms with Crippen LogP contribution in [0.2, 0.25) is 0 Å². The van der Waals surface area contributed by atoms with Crippen LogP contribution in [0.25, 0.3) is 0 Å². The second-order valence-corrected chi connectivity index (χ2v) is 4.07. The monoisotopic (exact) mass is 242 g/mol. The van der Waals surface area contributed by atoms with Gasteiger partial charge in [-0.3, -0.25) is 0 Å².